The Labute approximate surface area is 179 Å². The molecular weight excluding hydrogens is 394 g/mol. The van der Waals surface area contributed by atoms with Crippen LogP contribution in [-0.2, 0) is 0 Å². The highest BCUT2D eigenvalue weighted by Crippen LogP contribution is 2.48. The van der Waals surface area contributed by atoms with E-state index in [0.717, 1.165) is 34.6 Å². The van der Waals surface area contributed by atoms with E-state index in [0.29, 0.717) is 5.02 Å². The highest BCUT2D eigenvalue weighted by atomic mass is 35.5. The summed E-state index contributed by atoms with van der Waals surface area (Å²) in [6, 6.07) is 24.8. The molecule has 0 N–H and O–H groups in total. The van der Waals surface area contributed by atoms with E-state index in [4.69, 9.17) is 21.4 Å². The number of ether oxygens (including phenoxy) is 1. The van der Waals surface area contributed by atoms with Gasteiger partial charge in [0.25, 0.3) is 0 Å². The largest absolute Gasteiger partial charge is 0.464 e. The maximum Gasteiger partial charge on any atom is 0.213 e. The van der Waals surface area contributed by atoms with Crippen LogP contribution in [0.3, 0.4) is 0 Å². The van der Waals surface area contributed by atoms with Crippen molar-refractivity contribution in [2.24, 2.45) is 5.10 Å². The molecule has 0 saturated heterocycles. The molecule has 3 aromatic carbocycles. The van der Waals surface area contributed by atoms with Crippen molar-refractivity contribution >= 4 is 28.1 Å². The first-order chi connectivity index (χ1) is 14.8. The van der Waals surface area contributed by atoms with Gasteiger partial charge in [0.15, 0.2) is 0 Å². The average molecular weight is 412 g/mol. The van der Waals surface area contributed by atoms with Crippen LogP contribution < -0.4 is 4.74 Å². The normalized spacial score (nSPS) is 19.8. The van der Waals surface area contributed by atoms with Crippen molar-refractivity contribution in [2.45, 2.75) is 18.7 Å². The van der Waals surface area contributed by atoms with Crippen LogP contribution in [-0.4, -0.2) is 15.7 Å². The molecule has 6 rings (SSSR count). The van der Waals surface area contributed by atoms with E-state index in [1.165, 1.54) is 10.8 Å². The van der Waals surface area contributed by atoms with E-state index in [-0.39, 0.29) is 12.3 Å². The summed E-state index contributed by atoms with van der Waals surface area (Å²) in [6.07, 6.45) is 4.07. The van der Waals surface area contributed by atoms with Crippen molar-refractivity contribution in [1.82, 2.24) is 9.99 Å². The fraction of sp³-hybridized carbons (Fsp3) is 0.120. The van der Waals surface area contributed by atoms with Crippen LogP contribution in [0, 0.1) is 0 Å². The van der Waals surface area contributed by atoms with Crippen LogP contribution >= 0.6 is 11.6 Å². The molecular formula is C25H18ClN3O. The van der Waals surface area contributed by atoms with Gasteiger partial charge in [-0.05, 0) is 52.7 Å². The third kappa shape index (κ3) is 2.84. The molecule has 0 bridgehead atoms. The molecule has 4 aromatic rings. The smallest absolute Gasteiger partial charge is 0.213 e. The molecule has 1 aromatic heterocycles. The first-order valence-corrected chi connectivity index (χ1v) is 10.3. The van der Waals surface area contributed by atoms with Crippen LogP contribution in [0.25, 0.3) is 10.8 Å². The van der Waals surface area contributed by atoms with Gasteiger partial charge in [0.2, 0.25) is 6.23 Å². The number of pyridine rings is 1. The highest BCUT2D eigenvalue weighted by Gasteiger charge is 2.41. The van der Waals surface area contributed by atoms with Gasteiger partial charge in [-0.3, -0.25) is 4.98 Å². The molecule has 2 aliphatic rings. The average Bonchev–Trinajstić information content (AvgIpc) is 3.25. The summed E-state index contributed by atoms with van der Waals surface area (Å²) in [6.45, 7) is 0. The van der Waals surface area contributed by atoms with Crippen molar-refractivity contribution < 1.29 is 4.74 Å². The van der Waals surface area contributed by atoms with Gasteiger partial charge in [0.1, 0.15) is 5.75 Å². The maximum atomic E-state index is 6.37. The second-order valence-corrected chi connectivity index (χ2v) is 8.08. The Morgan fingerprint density at radius 3 is 2.60 bits per heavy atom. The Hall–Kier alpha value is -3.37. The van der Waals surface area contributed by atoms with Crippen molar-refractivity contribution in [1.29, 1.82) is 0 Å². The van der Waals surface area contributed by atoms with Gasteiger partial charge in [-0.2, -0.15) is 5.10 Å². The molecule has 3 heterocycles. The Balaban J connectivity index is 1.46. The molecule has 0 radical (unpaired) electrons. The molecule has 2 atom stereocenters. The SMILES string of the molecule is Clc1ccc2c(c1)[C@H]1CC(c3ccc4ccccc4c3)=NN1[C@@H](c1ccncc1)O2. The topological polar surface area (TPSA) is 37.7 Å². The first-order valence-electron chi connectivity index (χ1n) is 9.97. The molecule has 30 heavy (non-hydrogen) atoms. The maximum absolute atomic E-state index is 6.37. The second kappa shape index (κ2) is 6.85. The van der Waals surface area contributed by atoms with E-state index in [1.807, 2.05) is 30.3 Å². The summed E-state index contributed by atoms with van der Waals surface area (Å²) < 4.78 is 6.37. The van der Waals surface area contributed by atoms with Crippen molar-refractivity contribution in [2.75, 3.05) is 0 Å². The minimum atomic E-state index is -0.301. The molecule has 4 nitrogen and oxygen atoms in total. The number of rotatable bonds is 2. The lowest BCUT2D eigenvalue weighted by Gasteiger charge is -2.38. The molecule has 2 aliphatic heterocycles. The Kier molecular flexibility index (Phi) is 3.99. The lowest BCUT2D eigenvalue weighted by atomic mass is 9.95. The lowest BCUT2D eigenvalue weighted by molar-refractivity contribution is -0.0190. The van der Waals surface area contributed by atoms with Crippen molar-refractivity contribution in [3.05, 3.63) is 107 Å². The molecule has 0 spiro atoms. The molecule has 0 amide bonds. The molecule has 0 aliphatic carbocycles. The van der Waals surface area contributed by atoms with E-state index >= 15 is 0 Å². The monoisotopic (exact) mass is 411 g/mol. The zero-order valence-electron chi connectivity index (χ0n) is 16.1. The zero-order valence-corrected chi connectivity index (χ0v) is 16.8. The number of hydrogen-bond donors (Lipinski definition) is 0. The van der Waals surface area contributed by atoms with Crippen LogP contribution in [0.1, 0.15) is 35.4 Å². The van der Waals surface area contributed by atoms with E-state index in [1.54, 1.807) is 12.4 Å². The first kappa shape index (κ1) is 17.5. The molecule has 146 valence electrons. The molecule has 0 unspecified atom stereocenters. The third-order valence-electron chi connectivity index (χ3n) is 5.83. The number of benzene rings is 3. The number of hydrazone groups is 1. The predicted octanol–water partition coefficient (Wildman–Crippen LogP) is 6.13. The van der Waals surface area contributed by atoms with E-state index < -0.39 is 0 Å². The number of nitrogens with zero attached hydrogens (tertiary/aromatic N) is 3. The fourth-order valence-corrected chi connectivity index (χ4v) is 4.53. The van der Waals surface area contributed by atoms with Crippen LogP contribution in [0.15, 0.2) is 90.3 Å². The quantitative estimate of drug-likeness (QED) is 0.398. The minimum absolute atomic E-state index is 0.0760. The van der Waals surface area contributed by atoms with Gasteiger partial charge in [0, 0.05) is 35.0 Å². The summed E-state index contributed by atoms with van der Waals surface area (Å²) in [7, 11) is 0. The zero-order chi connectivity index (χ0) is 20.1. The van der Waals surface area contributed by atoms with Gasteiger partial charge >= 0.3 is 0 Å². The van der Waals surface area contributed by atoms with Gasteiger partial charge in [-0.25, -0.2) is 5.01 Å². The standard InChI is InChI=1S/C25H18ClN3O/c26-20-7-8-24-21(14-20)23-15-22(19-6-5-16-3-1-2-4-18(16)13-19)28-29(23)25(30-24)17-9-11-27-12-10-17/h1-14,23,25H,15H2/t23-,25-/m1/s1. The summed E-state index contributed by atoms with van der Waals surface area (Å²) in [5.41, 5.74) is 4.30. The summed E-state index contributed by atoms with van der Waals surface area (Å²) in [5.74, 6) is 0.859. The van der Waals surface area contributed by atoms with Gasteiger partial charge < -0.3 is 4.74 Å². The number of aromatic nitrogens is 1. The third-order valence-corrected chi connectivity index (χ3v) is 6.06. The van der Waals surface area contributed by atoms with Crippen molar-refractivity contribution in [3.63, 3.8) is 0 Å². The lowest BCUT2D eigenvalue weighted by Crippen LogP contribution is -2.33. The molecule has 5 heteroatoms. The Bertz CT molecular complexity index is 1290. The van der Waals surface area contributed by atoms with Crippen LogP contribution in [0.4, 0.5) is 0 Å². The highest BCUT2D eigenvalue weighted by molar-refractivity contribution is 6.30. The molecule has 0 saturated carbocycles. The fourth-order valence-electron chi connectivity index (χ4n) is 4.35. The van der Waals surface area contributed by atoms with Crippen molar-refractivity contribution in [3.8, 4) is 5.75 Å². The Morgan fingerprint density at radius 1 is 0.900 bits per heavy atom. The number of halogens is 1. The number of hydrogen-bond acceptors (Lipinski definition) is 4. The summed E-state index contributed by atoms with van der Waals surface area (Å²) >= 11 is 6.32. The number of fused-ring (bicyclic) bond motifs is 4. The van der Waals surface area contributed by atoms with E-state index in [2.05, 4.69) is 52.5 Å². The summed E-state index contributed by atoms with van der Waals surface area (Å²) in [5, 5.41) is 10.3. The predicted molar refractivity (Wildman–Crippen MR) is 119 cm³/mol. The van der Waals surface area contributed by atoms with Gasteiger partial charge in [-0.1, -0.05) is 48.0 Å². The van der Waals surface area contributed by atoms with E-state index in [9.17, 15) is 0 Å². The minimum Gasteiger partial charge on any atom is -0.464 e. The van der Waals surface area contributed by atoms with Gasteiger partial charge in [-0.15, -0.1) is 0 Å². The second-order valence-electron chi connectivity index (χ2n) is 7.64. The summed E-state index contributed by atoms with van der Waals surface area (Å²) in [4.78, 5) is 4.15. The Morgan fingerprint density at radius 2 is 1.73 bits per heavy atom. The van der Waals surface area contributed by atoms with Gasteiger partial charge in [0.05, 0.1) is 11.8 Å². The van der Waals surface area contributed by atoms with Crippen LogP contribution in [0.2, 0.25) is 5.02 Å². The van der Waals surface area contributed by atoms with Crippen LogP contribution in [0.5, 0.6) is 5.75 Å². The molecule has 0 fully saturated rings.